The third-order valence-corrected chi connectivity index (χ3v) is 5.07. The smallest absolute Gasteiger partial charge is 0.308 e. The Balaban J connectivity index is 1.50. The number of carbonyl (C=O) groups is 1. The third kappa shape index (κ3) is 4.98. The topological polar surface area (TPSA) is 59.0 Å². The maximum absolute atomic E-state index is 13.0. The summed E-state index contributed by atoms with van der Waals surface area (Å²) in [6.07, 6.45) is -8.28. The molecule has 0 atom stereocenters. The van der Waals surface area contributed by atoms with Crippen LogP contribution in [0.25, 0.3) is 22.0 Å². The van der Waals surface area contributed by atoms with Gasteiger partial charge in [-0.25, -0.2) is 4.79 Å². The molecule has 1 aromatic heterocycles. The molecule has 0 aliphatic rings. The molecular formula is C23H16F6N4O. The van der Waals surface area contributed by atoms with Crippen molar-refractivity contribution < 1.29 is 31.1 Å². The fourth-order valence-electron chi connectivity index (χ4n) is 3.39. The van der Waals surface area contributed by atoms with Crippen molar-refractivity contribution in [3.63, 3.8) is 0 Å². The molecule has 4 aromatic rings. The summed E-state index contributed by atoms with van der Waals surface area (Å²) in [5, 5.41) is 9.58. The van der Waals surface area contributed by atoms with E-state index >= 15 is 0 Å². The number of rotatable bonds is 3. The zero-order valence-corrected chi connectivity index (χ0v) is 17.4. The van der Waals surface area contributed by atoms with E-state index in [0.29, 0.717) is 17.8 Å². The quantitative estimate of drug-likeness (QED) is 0.314. The van der Waals surface area contributed by atoms with Gasteiger partial charge in [0.15, 0.2) is 0 Å². The highest BCUT2D eigenvalue weighted by molar-refractivity contribution is 6.00. The second-order valence-corrected chi connectivity index (χ2v) is 7.49. The summed E-state index contributed by atoms with van der Waals surface area (Å²) in [6.45, 7) is 0. The van der Waals surface area contributed by atoms with E-state index in [-0.39, 0.29) is 6.07 Å². The van der Waals surface area contributed by atoms with Crippen LogP contribution >= 0.6 is 0 Å². The van der Waals surface area contributed by atoms with Crippen molar-refractivity contribution in [3.8, 4) is 11.1 Å². The van der Waals surface area contributed by atoms with Crippen molar-refractivity contribution >= 4 is 28.3 Å². The molecule has 3 aromatic carbocycles. The summed E-state index contributed by atoms with van der Waals surface area (Å²) >= 11 is 0. The molecule has 34 heavy (non-hydrogen) atoms. The van der Waals surface area contributed by atoms with E-state index in [2.05, 4.69) is 10.4 Å². The fourth-order valence-corrected chi connectivity index (χ4v) is 3.39. The lowest BCUT2D eigenvalue weighted by Crippen LogP contribution is -2.20. The Hall–Kier alpha value is -4.02. The van der Waals surface area contributed by atoms with E-state index in [1.807, 2.05) is 30.6 Å². The highest BCUT2D eigenvalue weighted by Gasteiger charge is 2.37. The number of anilines is 2. The van der Waals surface area contributed by atoms with Crippen LogP contribution in [0.4, 0.5) is 42.5 Å². The predicted octanol–water partition coefficient (Wildman–Crippen LogP) is 6.92. The number of alkyl halides is 6. The van der Waals surface area contributed by atoms with Gasteiger partial charge >= 0.3 is 18.4 Å². The van der Waals surface area contributed by atoms with Gasteiger partial charge in [0.25, 0.3) is 0 Å². The summed E-state index contributed by atoms with van der Waals surface area (Å²) < 4.78 is 79.7. The average Bonchev–Trinajstić information content (AvgIpc) is 3.13. The van der Waals surface area contributed by atoms with Gasteiger partial charge in [-0.3, -0.25) is 4.68 Å². The minimum Gasteiger partial charge on any atom is -0.308 e. The van der Waals surface area contributed by atoms with Crippen LogP contribution in [0.2, 0.25) is 0 Å². The number of halogens is 6. The summed E-state index contributed by atoms with van der Waals surface area (Å²) in [5.41, 5.74) is -0.720. The molecule has 4 rings (SSSR count). The largest absolute Gasteiger partial charge is 0.416 e. The Morgan fingerprint density at radius 2 is 1.32 bits per heavy atom. The summed E-state index contributed by atoms with van der Waals surface area (Å²) in [4.78, 5) is 12.2. The molecule has 2 amide bonds. The molecule has 0 spiro atoms. The van der Waals surface area contributed by atoms with Gasteiger partial charge in [-0.05, 0) is 47.5 Å². The van der Waals surface area contributed by atoms with Gasteiger partial charge in [-0.2, -0.15) is 31.4 Å². The monoisotopic (exact) mass is 478 g/mol. The number of nitrogens with one attached hydrogen (secondary N) is 2. The van der Waals surface area contributed by atoms with Gasteiger partial charge in [0.2, 0.25) is 0 Å². The number of benzene rings is 3. The van der Waals surface area contributed by atoms with E-state index in [1.165, 1.54) is 0 Å². The Labute approximate surface area is 189 Å². The first kappa shape index (κ1) is 23.1. The molecule has 0 fully saturated rings. The van der Waals surface area contributed by atoms with Crippen molar-refractivity contribution in [3.05, 3.63) is 78.0 Å². The SMILES string of the molecule is Cn1ncc2ccc(-c3ccc(NC(=O)Nc4cc(C(F)(F)F)cc(C(F)(F)F)c4)cc3)cc21. The van der Waals surface area contributed by atoms with Crippen LogP contribution in [0.1, 0.15) is 11.1 Å². The number of nitrogens with zero attached hydrogens (tertiary/aromatic N) is 2. The van der Waals surface area contributed by atoms with Crippen LogP contribution in [-0.4, -0.2) is 15.8 Å². The summed E-state index contributed by atoms with van der Waals surface area (Å²) in [5.74, 6) is 0. The first-order chi connectivity index (χ1) is 15.9. The minimum absolute atomic E-state index is 0.00927. The molecular weight excluding hydrogens is 462 g/mol. The van der Waals surface area contributed by atoms with Crippen molar-refractivity contribution in [1.82, 2.24) is 9.78 Å². The van der Waals surface area contributed by atoms with Crippen LogP contribution in [0.5, 0.6) is 0 Å². The van der Waals surface area contributed by atoms with Crippen molar-refractivity contribution in [2.45, 2.75) is 12.4 Å². The number of aromatic nitrogens is 2. The molecule has 0 aliphatic heterocycles. The van der Waals surface area contributed by atoms with Crippen LogP contribution in [0.3, 0.4) is 0 Å². The van der Waals surface area contributed by atoms with E-state index in [0.717, 1.165) is 22.0 Å². The van der Waals surface area contributed by atoms with Gasteiger partial charge in [0.05, 0.1) is 22.8 Å². The maximum atomic E-state index is 13.0. The highest BCUT2D eigenvalue weighted by Crippen LogP contribution is 2.37. The van der Waals surface area contributed by atoms with Gasteiger partial charge in [0, 0.05) is 23.8 Å². The zero-order chi connectivity index (χ0) is 24.7. The van der Waals surface area contributed by atoms with Crippen molar-refractivity contribution in [1.29, 1.82) is 0 Å². The molecule has 0 saturated heterocycles. The molecule has 0 unspecified atom stereocenters. The normalized spacial score (nSPS) is 12.1. The van der Waals surface area contributed by atoms with Gasteiger partial charge in [0.1, 0.15) is 0 Å². The van der Waals surface area contributed by atoms with Crippen LogP contribution in [-0.2, 0) is 19.4 Å². The van der Waals surface area contributed by atoms with Gasteiger partial charge in [-0.15, -0.1) is 0 Å². The molecule has 11 heteroatoms. The molecule has 5 nitrogen and oxygen atoms in total. The lowest BCUT2D eigenvalue weighted by Gasteiger charge is -2.15. The molecule has 176 valence electrons. The Morgan fingerprint density at radius 1 is 0.765 bits per heavy atom. The lowest BCUT2D eigenvalue weighted by atomic mass is 10.0. The molecule has 0 bridgehead atoms. The molecule has 2 N–H and O–H groups in total. The van der Waals surface area contributed by atoms with Crippen LogP contribution < -0.4 is 10.6 Å². The first-order valence-corrected chi connectivity index (χ1v) is 9.80. The second-order valence-electron chi connectivity index (χ2n) is 7.49. The Kier molecular flexibility index (Phi) is 5.72. The molecule has 0 aliphatic carbocycles. The zero-order valence-electron chi connectivity index (χ0n) is 17.4. The minimum atomic E-state index is -5.01. The number of hydrogen-bond acceptors (Lipinski definition) is 2. The number of hydrogen-bond donors (Lipinski definition) is 2. The third-order valence-electron chi connectivity index (χ3n) is 5.07. The average molecular weight is 478 g/mol. The summed E-state index contributed by atoms with van der Waals surface area (Å²) in [7, 11) is 1.82. The Bertz CT molecular complexity index is 1320. The predicted molar refractivity (Wildman–Crippen MR) is 115 cm³/mol. The second kappa shape index (κ2) is 8.40. The number of amides is 2. The molecule has 0 saturated carbocycles. The van der Waals surface area contributed by atoms with Gasteiger partial charge in [-0.1, -0.05) is 24.3 Å². The molecule has 0 radical (unpaired) electrons. The lowest BCUT2D eigenvalue weighted by molar-refractivity contribution is -0.143. The number of aryl methyl sites for hydroxylation is 1. The first-order valence-electron chi connectivity index (χ1n) is 9.80. The number of carbonyl (C=O) groups excluding carboxylic acids is 1. The van der Waals surface area contributed by atoms with E-state index in [9.17, 15) is 31.1 Å². The van der Waals surface area contributed by atoms with Crippen LogP contribution in [0.15, 0.2) is 66.9 Å². The molecule has 1 heterocycles. The number of urea groups is 1. The standard InChI is InChI=1S/C23H16F6N4O/c1-33-20-8-14(2-3-15(20)12-30-33)13-4-6-18(7-5-13)31-21(34)32-19-10-16(22(24,25)26)9-17(11-19)23(27,28)29/h2-12H,1H3,(H2,31,32,34). The van der Waals surface area contributed by atoms with E-state index < -0.39 is 35.2 Å². The van der Waals surface area contributed by atoms with Gasteiger partial charge < -0.3 is 10.6 Å². The van der Waals surface area contributed by atoms with Crippen molar-refractivity contribution in [2.75, 3.05) is 10.6 Å². The highest BCUT2D eigenvalue weighted by atomic mass is 19.4. The van der Waals surface area contributed by atoms with E-state index in [1.54, 1.807) is 35.1 Å². The number of fused-ring (bicyclic) bond motifs is 1. The van der Waals surface area contributed by atoms with E-state index in [4.69, 9.17) is 0 Å². The van der Waals surface area contributed by atoms with Crippen molar-refractivity contribution in [2.24, 2.45) is 7.05 Å². The maximum Gasteiger partial charge on any atom is 0.416 e. The Morgan fingerprint density at radius 3 is 1.91 bits per heavy atom. The summed E-state index contributed by atoms with van der Waals surface area (Å²) in [6, 6.07) is 12.2. The van der Waals surface area contributed by atoms with Crippen LogP contribution in [0, 0.1) is 0 Å². The fraction of sp³-hybridized carbons (Fsp3) is 0.130.